The Morgan fingerprint density at radius 2 is 1.92 bits per heavy atom. The van der Waals surface area contributed by atoms with Gasteiger partial charge in [0.2, 0.25) is 5.91 Å². The highest BCUT2D eigenvalue weighted by Crippen LogP contribution is 2.23. The van der Waals surface area contributed by atoms with Crippen molar-refractivity contribution in [3.8, 4) is 0 Å². The highest BCUT2D eigenvalue weighted by molar-refractivity contribution is 5.81. The van der Waals surface area contributed by atoms with Crippen LogP contribution in [0, 0.1) is 0 Å². The Morgan fingerprint density at radius 3 is 2.69 bits per heavy atom. The maximum absolute atomic E-state index is 13.1. The van der Waals surface area contributed by atoms with Crippen LogP contribution < -0.4 is 5.56 Å². The Hall–Kier alpha value is -2.24. The van der Waals surface area contributed by atoms with Gasteiger partial charge >= 0.3 is 0 Å². The number of hydrogen-bond acceptors (Lipinski definition) is 4. The Kier molecular flexibility index (Phi) is 4.74. The molecule has 0 aromatic carbocycles. The minimum absolute atomic E-state index is 0.0429. The first-order valence-electron chi connectivity index (χ1n) is 9.87. The number of rotatable bonds is 3. The fourth-order valence-corrected chi connectivity index (χ4v) is 4.22. The fraction of sp³-hybridized carbons (Fsp3) is 0.600. The summed E-state index contributed by atoms with van der Waals surface area (Å²) in [6.07, 6.45) is 9.58. The number of aromatic nitrogens is 3. The molecule has 1 unspecified atom stereocenters. The number of carbonyl (C=O) groups is 1. The second kappa shape index (κ2) is 7.17. The van der Waals surface area contributed by atoms with Crippen molar-refractivity contribution in [2.24, 2.45) is 0 Å². The summed E-state index contributed by atoms with van der Waals surface area (Å²) in [5, 5.41) is 0.540. The zero-order chi connectivity index (χ0) is 18.1. The van der Waals surface area contributed by atoms with Crippen molar-refractivity contribution in [2.45, 2.75) is 64.3 Å². The van der Waals surface area contributed by atoms with E-state index in [4.69, 9.17) is 0 Å². The molecule has 26 heavy (non-hydrogen) atoms. The molecule has 0 saturated carbocycles. The number of likely N-dealkylation sites (tertiary alicyclic amines) is 1. The molecule has 4 rings (SSSR count). The van der Waals surface area contributed by atoms with E-state index >= 15 is 0 Å². The monoisotopic (exact) mass is 354 g/mol. The topological polar surface area (TPSA) is 68.1 Å². The van der Waals surface area contributed by atoms with Crippen LogP contribution in [0.2, 0.25) is 0 Å². The molecule has 1 fully saturated rings. The fourth-order valence-electron chi connectivity index (χ4n) is 4.22. The summed E-state index contributed by atoms with van der Waals surface area (Å²) < 4.78 is 1.52. The largest absolute Gasteiger partial charge is 0.341 e. The molecule has 6 nitrogen and oxygen atoms in total. The first kappa shape index (κ1) is 17.2. The molecule has 0 spiro atoms. The SMILES string of the molecule is CCC(C(=O)N1CCCCC1)n1cnc2nc3c(cc2c1=O)CCCC3. The van der Waals surface area contributed by atoms with Gasteiger partial charge in [0.05, 0.1) is 5.39 Å². The van der Waals surface area contributed by atoms with Crippen LogP contribution >= 0.6 is 0 Å². The molecule has 0 N–H and O–H groups in total. The summed E-state index contributed by atoms with van der Waals surface area (Å²) in [7, 11) is 0. The second-order valence-electron chi connectivity index (χ2n) is 7.44. The minimum Gasteiger partial charge on any atom is -0.341 e. The molecule has 138 valence electrons. The number of nitrogens with zero attached hydrogens (tertiary/aromatic N) is 4. The molecule has 3 heterocycles. The van der Waals surface area contributed by atoms with Gasteiger partial charge in [0.15, 0.2) is 5.65 Å². The second-order valence-corrected chi connectivity index (χ2v) is 7.44. The predicted octanol–water partition coefficient (Wildman–Crippen LogP) is 2.63. The van der Waals surface area contributed by atoms with Crippen LogP contribution in [-0.4, -0.2) is 38.4 Å². The summed E-state index contributed by atoms with van der Waals surface area (Å²) in [5.74, 6) is 0.0429. The Bertz CT molecular complexity index is 883. The van der Waals surface area contributed by atoms with E-state index in [1.54, 1.807) is 0 Å². The lowest BCUT2D eigenvalue weighted by molar-refractivity contribution is -0.135. The summed E-state index contributed by atoms with van der Waals surface area (Å²) in [6, 6.07) is 1.48. The average Bonchev–Trinajstić information content (AvgIpc) is 2.69. The molecular formula is C20H26N4O2. The van der Waals surface area contributed by atoms with Gasteiger partial charge in [0, 0.05) is 18.8 Å². The summed E-state index contributed by atoms with van der Waals surface area (Å²) in [5.41, 5.74) is 2.60. The quantitative estimate of drug-likeness (QED) is 0.850. The Balaban J connectivity index is 1.73. The van der Waals surface area contributed by atoms with Crippen LogP contribution in [0.15, 0.2) is 17.2 Å². The summed E-state index contributed by atoms with van der Waals surface area (Å²) >= 11 is 0. The third-order valence-corrected chi connectivity index (χ3v) is 5.73. The molecule has 0 bridgehead atoms. The standard InChI is InChI=1S/C20H26N4O2/c1-2-17(20(26)23-10-6-3-7-11-23)24-13-21-18-15(19(24)25)12-14-8-4-5-9-16(14)22-18/h12-13,17H,2-11H2,1H3. The van der Waals surface area contributed by atoms with E-state index in [1.807, 2.05) is 17.9 Å². The van der Waals surface area contributed by atoms with Gasteiger partial charge in [-0.2, -0.15) is 0 Å². The van der Waals surface area contributed by atoms with Gasteiger partial charge in [-0.1, -0.05) is 6.92 Å². The lowest BCUT2D eigenvalue weighted by atomic mass is 9.95. The van der Waals surface area contributed by atoms with E-state index in [9.17, 15) is 9.59 Å². The van der Waals surface area contributed by atoms with Gasteiger partial charge < -0.3 is 4.90 Å². The number of piperidine rings is 1. The molecule has 1 amide bonds. The zero-order valence-corrected chi connectivity index (χ0v) is 15.4. The van der Waals surface area contributed by atoms with E-state index in [-0.39, 0.29) is 11.5 Å². The maximum atomic E-state index is 13.1. The maximum Gasteiger partial charge on any atom is 0.263 e. The van der Waals surface area contributed by atoms with Gasteiger partial charge in [-0.3, -0.25) is 14.2 Å². The number of pyridine rings is 1. The molecule has 1 aliphatic heterocycles. The smallest absolute Gasteiger partial charge is 0.263 e. The molecule has 1 atom stereocenters. The van der Waals surface area contributed by atoms with Crippen LogP contribution in [0.4, 0.5) is 0 Å². The lowest BCUT2D eigenvalue weighted by Gasteiger charge is -2.30. The van der Waals surface area contributed by atoms with Gasteiger partial charge in [-0.05, 0) is 63.0 Å². The van der Waals surface area contributed by atoms with Crippen LogP contribution in [-0.2, 0) is 17.6 Å². The van der Waals surface area contributed by atoms with Gasteiger partial charge in [-0.25, -0.2) is 9.97 Å². The van der Waals surface area contributed by atoms with Crippen molar-refractivity contribution in [3.63, 3.8) is 0 Å². The molecule has 2 aromatic heterocycles. The first-order valence-corrected chi connectivity index (χ1v) is 9.87. The van der Waals surface area contributed by atoms with E-state index in [1.165, 1.54) is 17.3 Å². The number of aryl methyl sites for hydroxylation is 2. The number of hydrogen-bond donors (Lipinski definition) is 0. The van der Waals surface area contributed by atoms with Gasteiger partial charge in [0.1, 0.15) is 12.4 Å². The molecule has 2 aliphatic rings. The number of carbonyl (C=O) groups excluding carboxylic acids is 1. The van der Waals surface area contributed by atoms with Crippen LogP contribution in [0.5, 0.6) is 0 Å². The molecule has 1 aliphatic carbocycles. The van der Waals surface area contributed by atoms with E-state index < -0.39 is 6.04 Å². The lowest BCUT2D eigenvalue weighted by Crippen LogP contribution is -2.42. The van der Waals surface area contributed by atoms with E-state index in [0.717, 1.165) is 62.9 Å². The van der Waals surface area contributed by atoms with Crippen molar-refractivity contribution in [1.29, 1.82) is 0 Å². The van der Waals surface area contributed by atoms with Crippen LogP contribution in [0.1, 0.15) is 62.7 Å². The Morgan fingerprint density at radius 1 is 1.15 bits per heavy atom. The van der Waals surface area contributed by atoms with E-state index in [0.29, 0.717) is 17.5 Å². The highest BCUT2D eigenvalue weighted by atomic mass is 16.2. The molecule has 6 heteroatoms. The number of amides is 1. The number of fused-ring (bicyclic) bond motifs is 2. The van der Waals surface area contributed by atoms with Gasteiger partial charge in [-0.15, -0.1) is 0 Å². The third-order valence-electron chi connectivity index (χ3n) is 5.73. The predicted molar refractivity (Wildman–Crippen MR) is 100 cm³/mol. The summed E-state index contributed by atoms with van der Waals surface area (Å²) in [6.45, 7) is 3.54. The average molecular weight is 354 g/mol. The Labute approximate surface area is 153 Å². The van der Waals surface area contributed by atoms with Gasteiger partial charge in [0.25, 0.3) is 5.56 Å². The molecule has 2 aromatic rings. The molecular weight excluding hydrogens is 328 g/mol. The normalized spacial score (nSPS) is 18.6. The van der Waals surface area contributed by atoms with Crippen molar-refractivity contribution >= 4 is 16.9 Å². The van der Waals surface area contributed by atoms with Crippen molar-refractivity contribution in [3.05, 3.63) is 34.0 Å². The zero-order valence-electron chi connectivity index (χ0n) is 15.4. The van der Waals surface area contributed by atoms with Crippen molar-refractivity contribution in [2.75, 3.05) is 13.1 Å². The molecule has 0 radical (unpaired) electrons. The minimum atomic E-state index is -0.478. The van der Waals surface area contributed by atoms with Crippen LogP contribution in [0.25, 0.3) is 11.0 Å². The highest BCUT2D eigenvalue weighted by Gasteiger charge is 2.27. The van der Waals surface area contributed by atoms with E-state index in [2.05, 4.69) is 9.97 Å². The van der Waals surface area contributed by atoms with Crippen molar-refractivity contribution in [1.82, 2.24) is 19.4 Å². The first-order chi connectivity index (χ1) is 12.7. The third kappa shape index (κ3) is 3.02. The van der Waals surface area contributed by atoms with Crippen LogP contribution in [0.3, 0.4) is 0 Å². The summed E-state index contributed by atoms with van der Waals surface area (Å²) in [4.78, 5) is 37.0. The molecule has 1 saturated heterocycles. The van der Waals surface area contributed by atoms with Crippen molar-refractivity contribution < 1.29 is 4.79 Å².